The average Bonchev–Trinajstić information content (AvgIpc) is 3.13. The van der Waals surface area contributed by atoms with Crippen LogP contribution in [0.5, 0.6) is 0 Å². The topological polar surface area (TPSA) is 83.4 Å². The molecule has 1 aliphatic carbocycles. The van der Waals surface area contributed by atoms with Gasteiger partial charge in [-0.1, -0.05) is 23.7 Å². The number of hydrogen-bond acceptors (Lipinski definition) is 4. The fourth-order valence-electron chi connectivity index (χ4n) is 4.21. The summed E-state index contributed by atoms with van der Waals surface area (Å²) in [7, 11) is 0. The van der Waals surface area contributed by atoms with E-state index in [9.17, 15) is 14.7 Å². The number of amides is 1. The van der Waals surface area contributed by atoms with Gasteiger partial charge in [-0.25, -0.2) is 9.97 Å². The van der Waals surface area contributed by atoms with Crippen LogP contribution in [-0.4, -0.2) is 44.9 Å². The van der Waals surface area contributed by atoms with E-state index < -0.39 is 11.9 Å². The Morgan fingerprint density at radius 3 is 2.70 bits per heavy atom. The number of aryl methyl sites for hydroxylation is 1. The molecule has 1 aromatic carbocycles. The van der Waals surface area contributed by atoms with E-state index in [1.807, 2.05) is 12.1 Å². The van der Waals surface area contributed by atoms with Gasteiger partial charge in [-0.3, -0.25) is 9.59 Å². The van der Waals surface area contributed by atoms with Crippen LogP contribution >= 0.6 is 11.6 Å². The second-order valence-electron chi connectivity index (χ2n) is 7.28. The first kappa shape index (κ1) is 17.9. The molecule has 7 heteroatoms. The number of carboxylic acid groups (broad SMARTS) is 1. The number of aliphatic carboxylic acids is 1. The second-order valence-corrected chi connectivity index (χ2v) is 7.72. The lowest BCUT2D eigenvalue weighted by Crippen LogP contribution is -2.37. The van der Waals surface area contributed by atoms with E-state index in [1.54, 1.807) is 23.2 Å². The molecule has 1 unspecified atom stereocenters. The molecule has 1 amide bonds. The molecule has 0 saturated carbocycles. The molecule has 0 radical (unpaired) electrons. The molecule has 6 nitrogen and oxygen atoms in total. The van der Waals surface area contributed by atoms with Crippen LogP contribution in [0, 0.1) is 11.8 Å². The number of carbonyl (C=O) groups is 2. The van der Waals surface area contributed by atoms with Gasteiger partial charge in [0, 0.05) is 41.8 Å². The highest BCUT2D eigenvalue weighted by atomic mass is 35.5. The zero-order valence-electron chi connectivity index (χ0n) is 14.7. The van der Waals surface area contributed by atoms with Crippen LogP contribution in [0.15, 0.2) is 36.8 Å². The van der Waals surface area contributed by atoms with Gasteiger partial charge < -0.3 is 10.0 Å². The monoisotopic (exact) mass is 385 g/mol. The molecule has 1 aliphatic heterocycles. The Hall–Kier alpha value is -2.47. The predicted molar refractivity (Wildman–Crippen MR) is 99.4 cm³/mol. The van der Waals surface area contributed by atoms with Crippen molar-refractivity contribution in [2.75, 3.05) is 13.1 Å². The van der Waals surface area contributed by atoms with Gasteiger partial charge in [-0.05, 0) is 42.5 Å². The van der Waals surface area contributed by atoms with Gasteiger partial charge in [-0.2, -0.15) is 0 Å². The number of likely N-dealkylation sites (tertiary alicyclic amines) is 1. The average molecular weight is 386 g/mol. The summed E-state index contributed by atoms with van der Waals surface area (Å²) in [5.41, 5.74) is 2.94. The van der Waals surface area contributed by atoms with E-state index in [2.05, 4.69) is 9.97 Å². The van der Waals surface area contributed by atoms with E-state index in [0.717, 1.165) is 29.7 Å². The Balaban J connectivity index is 1.52. The van der Waals surface area contributed by atoms with Gasteiger partial charge in [0.25, 0.3) is 0 Å². The number of aromatic nitrogens is 2. The Labute approximate surface area is 162 Å². The molecule has 4 rings (SSSR count). The van der Waals surface area contributed by atoms with Gasteiger partial charge in [0.2, 0.25) is 5.91 Å². The molecule has 27 heavy (non-hydrogen) atoms. The fourth-order valence-corrected chi connectivity index (χ4v) is 4.33. The molecule has 2 aliphatic rings. The third-order valence-electron chi connectivity index (χ3n) is 5.67. The molecule has 1 saturated heterocycles. The third-order valence-corrected chi connectivity index (χ3v) is 5.93. The molecular formula is C20H20ClN3O3. The maximum atomic E-state index is 13.1. The molecule has 1 aromatic heterocycles. The van der Waals surface area contributed by atoms with Crippen LogP contribution in [0.2, 0.25) is 5.02 Å². The molecule has 1 N–H and O–H groups in total. The number of rotatable bonds is 3. The maximum Gasteiger partial charge on any atom is 0.308 e. The minimum absolute atomic E-state index is 0.0345. The van der Waals surface area contributed by atoms with Crippen molar-refractivity contribution in [2.45, 2.75) is 25.2 Å². The Morgan fingerprint density at radius 2 is 1.96 bits per heavy atom. The van der Waals surface area contributed by atoms with Crippen LogP contribution in [-0.2, 0) is 22.4 Å². The van der Waals surface area contributed by atoms with Gasteiger partial charge in [0.15, 0.2) is 0 Å². The largest absolute Gasteiger partial charge is 0.481 e. The Kier molecular flexibility index (Phi) is 4.83. The summed E-state index contributed by atoms with van der Waals surface area (Å²) in [6, 6.07) is 7.23. The summed E-state index contributed by atoms with van der Waals surface area (Å²) in [5, 5.41) is 10.3. The van der Waals surface area contributed by atoms with E-state index in [1.165, 1.54) is 6.33 Å². The van der Waals surface area contributed by atoms with Gasteiger partial charge >= 0.3 is 5.97 Å². The van der Waals surface area contributed by atoms with Crippen molar-refractivity contribution in [2.24, 2.45) is 11.8 Å². The summed E-state index contributed by atoms with van der Waals surface area (Å²) in [5.74, 6) is -1.79. The number of nitrogens with zero attached hydrogens (tertiary/aromatic N) is 3. The first-order valence-electron chi connectivity index (χ1n) is 9.07. The highest BCUT2D eigenvalue weighted by Gasteiger charge is 2.42. The molecule has 0 bridgehead atoms. The van der Waals surface area contributed by atoms with Crippen molar-refractivity contribution in [1.82, 2.24) is 14.9 Å². The highest BCUT2D eigenvalue weighted by molar-refractivity contribution is 6.30. The zero-order chi connectivity index (χ0) is 19.0. The summed E-state index contributed by atoms with van der Waals surface area (Å²) < 4.78 is 0. The van der Waals surface area contributed by atoms with Crippen molar-refractivity contribution in [1.29, 1.82) is 0 Å². The highest BCUT2D eigenvalue weighted by Crippen LogP contribution is 2.35. The molecule has 140 valence electrons. The smallest absolute Gasteiger partial charge is 0.308 e. The molecule has 1 fully saturated rings. The van der Waals surface area contributed by atoms with E-state index in [4.69, 9.17) is 11.6 Å². The number of carbonyl (C=O) groups excluding carboxylic acids is 1. The first-order valence-corrected chi connectivity index (χ1v) is 9.45. The van der Waals surface area contributed by atoms with E-state index in [0.29, 0.717) is 18.0 Å². The summed E-state index contributed by atoms with van der Waals surface area (Å²) >= 11 is 5.95. The van der Waals surface area contributed by atoms with Crippen molar-refractivity contribution in [3.05, 3.63) is 58.6 Å². The Morgan fingerprint density at radius 1 is 1.19 bits per heavy atom. The Bertz CT molecular complexity index is 871. The lowest BCUT2D eigenvalue weighted by Gasteiger charge is -2.27. The number of hydrogen-bond donors (Lipinski definition) is 1. The van der Waals surface area contributed by atoms with Crippen molar-refractivity contribution >= 4 is 23.5 Å². The van der Waals surface area contributed by atoms with E-state index in [-0.39, 0.29) is 24.3 Å². The van der Waals surface area contributed by atoms with Crippen molar-refractivity contribution in [3.63, 3.8) is 0 Å². The zero-order valence-corrected chi connectivity index (χ0v) is 15.5. The normalized spacial score (nSPS) is 24.5. The van der Waals surface area contributed by atoms with Crippen LogP contribution in [0.25, 0.3) is 0 Å². The summed E-state index contributed by atoms with van der Waals surface area (Å²) in [6.45, 7) is 0.669. The lowest BCUT2D eigenvalue weighted by atomic mass is 9.86. The van der Waals surface area contributed by atoms with Crippen LogP contribution < -0.4 is 0 Å². The van der Waals surface area contributed by atoms with Crippen LogP contribution in [0.4, 0.5) is 0 Å². The first-order chi connectivity index (χ1) is 13.0. The molecule has 0 spiro atoms. The minimum Gasteiger partial charge on any atom is -0.481 e. The molecule has 2 aromatic rings. The SMILES string of the molecule is O=C(O)[C@@H]1CN(C(=O)C2CCc3ncncc3C2)C[C@H]1c1ccc(Cl)cc1. The quantitative estimate of drug-likeness (QED) is 0.877. The minimum atomic E-state index is -0.868. The van der Waals surface area contributed by atoms with Crippen molar-refractivity contribution in [3.8, 4) is 0 Å². The van der Waals surface area contributed by atoms with Crippen LogP contribution in [0.1, 0.15) is 29.2 Å². The molecule has 2 heterocycles. The van der Waals surface area contributed by atoms with E-state index >= 15 is 0 Å². The third kappa shape index (κ3) is 3.54. The number of fused-ring (bicyclic) bond motifs is 1. The number of carboxylic acids is 1. The van der Waals surface area contributed by atoms with Gasteiger partial charge in [-0.15, -0.1) is 0 Å². The molecule has 3 atom stereocenters. The standard InChI is InChI=1S/C20H20ClN3O3/c21-15-4-1-12(2-5-15)16-9-24(10-17(16)20(26)27)19(25)13-3-6-18-14(7-13)8-22-11-23-18/h1-2,4-5,8,11,13,16-17H,3,6-7,9-10H2,(H,26,27)/t13?,16-,17+/m0/s1. The van der Waals surface area contributed by atoms with Gasteiger partial charge in [0.1, 0.15) is 6.33 Å². The second kappa shape index (κ2) is 7.27. The lowest BCUT2D eigenvalue weighted by molar-refractivity contribution is -0.142. The summed E-state index contributed by atoms with van der Waals surface area (Å²) in [4.78, 5) is 34.9. The van der Waals surface area contributed by atoms with Crippen LogP contribution in [0.3, 0.4) is 0 Å². The fraction of sp³-hybridized carbons (Fsp3) is 0.400. The summed E-state index contributed by atoms with van der Waals surface area (Å²) in [6.07, 6.45) is 5.43. The molecular weight excluding hydrogens is 366 g/mol. The number of benzene rings is 1. The van der Waals surface area contributed by atoms with Crippen molar-refractivity contribution < 1.29 is 14.7 Å². The maximum absolute atomic E-state index is 13.1. The number of halogens is 1. The predicted octanol–water partition coefficient (Wildman–Crippen LogP) is 2.56. The van der Waals surface area contributed by atoms with Gasteiger partial charge in [0.05, 0.1) is 5.92 Å².